The first-order valence-corrected chi connectivity index (χ1v) is 17.2. The molecule has 2 saturated heterocycles. The normalized spacial score (nSPS) is 20.1. The Kier molecular flexibility index (Phi) is 11.7. The number of nitrogens with one attached hydrogen (secondary N) is 3. The van der Waals surface area contributed by atoms with Crippen LogP contribution in [0.2, 0.25) is 0 Å². The van der Waals surface area contributed by atoms with E-state index in [4.69, 9.17) is 4.74 Å². The molecule has 5 rings (SSSR count). The predicted octanol–water partition coefficient (Wildman–Crippen LogP) is 4.83. The molecule has 0 bridgehead atoms. The van der Waals surface area contributed by atoms with E-state index < -0.39 is 11.6 Å². The van der Waals surface area contributed by atoms with Crippen molar-refractivity contribution in [2.45, 2.75) is 89.1 Å². The summed E-state index contributed by atoms with van der Waals surface area (Å²) in [7, 11) is 0. The van der Waals surface area contributed by atoms with Gasteiger partial charge in [-0.1, -0.05) is 69.2 Å². The summed E-state index contributed by atoms with van der Waals surface area (Å²) in [6.45, 7) is 9.88. The molecule has 3 amide bonds. The zero-order valence-electron chi connectivity index (χ0n) is 27.2. The van der Waals surface area contributed by atoms with Gasteiger partial charge < -0.3 is 25.6 Å². The van der Waals surface area contributed by atoms with Crippen LogP contribution in [0.1, 0.15) is 92.6 Å². The Labute approximate surface area is 269 Å². The van der Waals surface area contributed by atoms with Gasteiger partial charge >= 0.3 is 0 Å². The lowest BCUT2D eigenvalue weighted by Crippen LogP contribution is -2.61. The van der Waals surface area contributed by atoms with Crippen LogP contribution >= 0.6 is 0 Å². The second kappa shape index (κ2) is 15.9. The molecule has 3 N–H and O–H groups in total. The summed E-state index contributed by atoms with van der Waals surface area (Å²) >= 11 is 0. The van der Waals surface area contributed by atoms with Crippen molar-refractivity contribution >= 4 is 17.7 Å². The molecule has 8 heteroatoms. The standard InChI is InChI=1S/C37H52N4O4/c1-27(2)31-10-12-32(13-11-31)34(42)40-37(18-6-7-19-37)36(44)39-33(24-28-8-4-3-5-9-28)35(43)38-25-29-14-20-41(21-15-29)26-30-16-22-45-23-17-30/h3-5,8-13,27,29-30,33H,6-7,14-26H2,1-2H3,(H,38,43)(H,39,44)(H,40,42)/t33-/m1/s1. The number of ether oxygens (including phenoxy) is 1. The molecule has 1 atom stereocenters. The van der Waals surface area contributed by atoms with Gasteiger partial charge in [-0.05, 0) is 92.6 Å². The Bertz CT molecular complexity index is 1240. The van der Waals surface area contributed by atoms with Gasteiger partial charge in [-0.15, -0.1) is 0 Å². The molecule has 2 aliphatic heterocycles. The quantitative estimate of drug-likeness (QED) is 0.317. The zero-order valence-corrected chi connectivity index (χ0v) is 27.2. The molecule has 1 saturated carbocycles. The van der Waals surface area contributed by atoms with Gasteiger partial charge in [0.2, 0.25) is 11.8 Å². The molecule has 3 fully saturated rings. The van der Waals surface area contributed by atoms with Crippen LogP contribution in [0.4, 0.5) is 0 Å². The zero-order chi connectivity index (χ0) is 31.6. The molecule has 2 aromatic rings. The summed E-state index contributed by atoms with van der Waals surface area (Å²) in [4.78, 5) is 43.5. The molecular weight excluding hydrogens is 564 g/mol. The van der Waals surface area contributed by atoms with E-state index in [1.807, 2.05) is 54.6 Å². The van der Waals surface area contributed by atoms with Crippen molar-refractivity contribution in [3.63, 3.8) is 0 Å². The summed E-state index contributed by atoms with van der Waals surface area (Å²) in [5, 5.41) is 9.36. The van der Waals surface area contributed by atoms with Crippen molar-refractivity contribution in [3.8, 4) is 0 Å². The molecule has 0 spiro atoms. The number of rotatable bonds is 12. The molecular formula is C37H52N4O4. The van der Waals surface area contributed by atoms with E-state index in [-0.39, 0.29) is 17.7 Å². The maximum Gasteiger partial charge on any atom is 0.252 e. The summed E-state index contributed by atoms with van der Waals surface area (Å²) < 4.78 is 5.52. The number of hydrogen-bond donors (Lipinski definition) is 3. The number of nitrogens with zero attached hydrogens (tertiary/aromatic N) is 1. The van der Waals surface area contributed by atoms with Gasteiger partial charge in [0.1, 0.15) is 11.6 Å². The highest BCUT2D eigenvalue weighted by atomic mass is 16.5. The van der Waals surface area contributed by atoms with Gasteiger partial charge in [0.25, 0.3) is 5.91 Å². The number of carbonyl (C=O) groups is 3. The van der Waals surface area contributed by atoms with Crippen LogP contribution in [0.5, 0.6) is 0 Å². The van der Waals surface area contributed by atoms with E-state index >= 15 is 0 Å². The minimum atomic E-state index is -1.03. The van der Waals surface area contributed by atoms with Crippen LogP contribution in [-0.4, -0.2) is 73.6 Å². The first kappa shape index (κ1) is 33.1. The van der Waals surface area contributed by atoms with Gasteiger partial charge in [0.05, 0.1) is 0 Å². The van der Waals surface area contributed by atoms with Gasteiger partial charge in [0, 0.05) is 38.3 Å². The van der Waals surface area contributed by atoms with Crippen molar-refractivity contribution in [2.75, 3.05) is 39.4 Å². The first-order chi connectivity index (χ1) is 21.8. The van der Waals surface area contributed by atoms with Gasteiger partial charge in [-0.25, -0.2) is 0 Å². The smallest absolute Gasteiger partial charge is 0.252 e. The maximum absolute atomic E-state index is 14.0. The third kappa shape index (κ3) is 9.17. The molecule has 8 nitrogen and oxygen atoms in total. The van der Waals surface area contributed by atoms with Crippen molar-refractivity contribution in [2.24, 2.45) is 11.8 Å². The first-order valence-electron chi connectivity index (χ1n) is 17.2. The number of likely N-dealkylation sites (tertiary alicyclic amines) is 1. The van der Waals surface area contributed by atoms with Crippen LogP contribution in [0, 0.1) is 11.8 Å². The average Bonchev–Trinajstić information content (AvgIpc) is 3.54. The highest BCUT2D eigenvalue weighted by Crippen LogP contribution is 2.31. The molecule has 2 heterocycles. The third-order valence-corrected chi connectivity index (χ3v) is 10.1. The van der Waals surface area contributed by atoms with Crippen molar-refractivity contribution in [3.05, 3.63) is 71.3 Å². The fraction of sp³-hybridized carbons (Fsp3) is 0.595. The summed E-state index contributed by atoms with van der Waals surface area (Å²) in [6, 6.07) is 16.7. The highest BCUT2D eigenvalue weighted by molar-refractivity contribution is 6.00. The van der Waals surface area contributed by atoms with E-state index in [1.54, 1.807) is 0 Å². The van der Waals surface area contributed by atoms with Gasteiger partial charge in [0.15, 0.2) is 0 Å². The Balaban J connectivity index is 1.19. The largest absolute Gasteiger partial charge is 0.381 e. The summed E-state index contributed by atoms with van der Waals surface area (Å²) in [5.41, 5.74) is 1.65. The fourth-order valence-electron chi connectivity index (χ4n) is 7.09. The lowest BCUT2D eigenvalue weighted by molar-refractivity contribution is -0.132. The minimum absolute atomic E-state index is 0.166. The molecule has 45 heavy (non-hydrogen) atoms. The molecule has 0 unspecified atom stereocenters. The molecule has 0 radical (unpaired) electrons. The van der Waals surface area contributed by atoms with Crippen molar-refractivity contribution in [1.29, 1.82) is 0 Å². The third-order valence-electron chi connectivity index (χ3n) is 10.1. The molecule has 2 aromatic carbocycles. The van der Waals surface area contributed by atoms with Gasteiger partial charge in [-0.3, -0.25) is 14.4 Å². The van der Waals surface area contributed by atoms with Crippen LogP contribution < -0.4 is 16.0 Å². The SMILES string of the molecule is CC(C)c1ccc(C(=O)NC2(C(=O)N[C@H](Cc3ccccc3)C(=O)NCC3CCN(CC4CCOCC4)CC3)CCCC2)cc1. The van der Waals surface area contributed by atoms with Crippen molar-refractivity contribution in [1.82, 2.24) is 20.9 Å². The van der Waals surface area contributed by atoms with Crippen LogP contribution in [-0.2, 0) is 20.7 Å². The molecule has 244 valence electrons. The Morgan fingerprint density at radius 1 is 0.889 bits per heavy atom. The van der Waals surface area contributed by atoms with Crippen LogP contribution in [0.15, 0.2) is 54.6 Å². The Morgan fingerprint density at radius 2 is 1.56 bits per heavy atom. The van der Waals surface area contributed by atoms with E-state index in [0.717, 1.165) is 88.4 Å². The monoisotopic (exact) mass is 616 g/mol. The van der Waals surface area contributed by atoms with E-state index in [2.05, 4.69) is 34.7 Å². The lowest BCUT2D eigenvalue weighted by Gasteiger charge is -2.35. The van der Waals surface area contributed by atoms with Crippen LogP contribution in [0.25, 0.3) is 0 Å². The average molecular weight is 617 g/mol. The lowest BCUT2D eigenvalue weighted by atomic mass is 9.93. The number of benzene rings is 2. The molecule has 3 aliphatic rings. The van der Waals surface area contributed by atoms with Gasteiger partial charge in [-0.2, -0.15) is 0 Å². The second-order valence-corrected chi connectivity index (χ2v) is 13.8. The maximum atomic E-state index is 14.0. The van der Waals surface area contributed by atoms with Crippen LogP contribution in [0.3, 0.4) is 0 Å². The van der Waals surface area contributed by atoms with E-state index in [1.165, 1.54) is 0 Å². The Hall–Kier alpha value is -3.23. The minimum Gasteiger partial charge on any atom is -0.381 e. The summed E-state index contributed by atoms with van der Waals surface area (Å²) in [6.07, 6.45) is 7.64. The Morgan fingerprint density at radius 3 is 2.20 bits per heavy atom. The number of hydrogen-bond acceptors (Lipinski definition) is 5. The molecule has 0 aromatic heterocycles. The summed E-state index contributed by atoms with van der Waals surface area (Å²) in [5.74, 6) is 0.836. The predicted molar refractivity (Wildman–Crippen MR) is 177 cm³/mol. The molecule has 1 aliphatic carbocycles. The number of amides is 3. The number of piperidine rings is 1. The van der Waals surface area contributed by atoms with E-state index in [9.17, 15) is 14.4 Å². The van der Waals surface area contributed by atoms with E-state index in [0.29, 0.717) is 43.2 Å². The second-order valence-electron chi connectivity index (χ2n) is 13.8. The van der Waals surface area contributed by atoms with Crippen molar-refractivity contribution < 1.29 is 19.1 Å². The fourth-order valence-corrected chi connectivity index (χ4v) is 7.09. The highest BCUT2D eigenvalue weighted by Gasteiger charge is 2.44. The topological polar surface area (TPSA) is 99.8 Å². The number of carbonyl (C=O) groups excluding carboxylic acids is 3.